The number of benzene rings is 1. The van der Waals surface area contributed by atoms with Crippen molar-refractivity contribution in [2.75, 3.05) is 0 Å². The summed E-state index contributed by atoms with van der Waals surface area (Å²) < 4.78 is 34.2. The molecule has 0 spiro atoms. The van der Waals surface area contributed by atoms with Crippen LogP contribution in [0.15, 0.2) is 18.2 Å². The average molecular weight is 243 g/mol. The van der Waals surface area contributed by atoms with Crippen LogP contribution >= 0.6 is 0 Å². The lowest BCUT2D eigenvalue weighted by Crippen LogP contribution is -2.25. The summed E-state index contributed by atoms with van der Waals surface area (Å²) >= 11 is 0. The van der Waals surface area contributed by atoms with Crippen LogP contribution in [0, 0.1) is 0 Å². The molecule has 1 aliphatic rings. The zero-order valence-electron chi connectivity index (χ0n) is 9.58. The molecule has 1 atom stereocenters. The molecular weight excluding hydrogens is 228 g/mol. The number of nitrogens with two attached hydrogens (primary N) is 1. The van der Waals surface area contributed by atoms with Gasteiger partial charge in [-0.05, 0) is 43.9 Å². The van der Waals surface area contributed by atoms with Gasteiger partial charge in [0, 0.05) is 6.04 Å². The lowest BCUT2D eigenvalue weighted by atomic mass is 10.1. The largest absolute Gasteiger partial charge is 0.586 e. The van der Waals surface area contributed by atoms with Gasteiger partial charge in [0.1, 0.15) is 0 Å². The van der Waals surface area contributed by atoms with Gasteiger partial charge in [0.25, 0.3) is 0 Å². The Morgan fingerprint density at radius 1 is 1.29 bits per heavy atom. The highest BCUT2D eigenvalue weighted by Crippen LogP contribution is 2.41. The number of hydrogen-bond acceptors (Lipinski definition) is 3. The van der Waals surface area contributed by atoms with Gasteiger partial charge in [-0.2, -0.15) is 0 Å². The fourth-order valence-corrected chi connectivity index (χ4v) is 1.78. The van der Waals surface area contributed by atoms with Gasteiger partial charge in [-0.3, -0.25) is 0 Å². The quantitative estimate of drug-likeness (QED) is 0.884. The van der Waals surface area contributed by atoms with Gasteiger partial charge in [-0.25, -0.2) is 0 Å². The topological polar surface area (TPSA) is 44.5 Å². The number of alkyl halides is 2. The second-order valence-electron chi connectivity index (χ2n) is 4.32. The Morgan fingerprint density at radius 2 is 2.00 bits per heavy atom. The summed E-state index contributed by atoms with van der Waals surface area (Å²) in [6.45, 7) is 1.94. The molecule has 0 aliphatic carbocycles. The minimum absolute atomic E-state index is 0.0888. The molecule has 1 aliphatic heterocycles. The van der Waals surface area contributed by atoms with E-state index in [1.54, 1.807) is 12.1 Å². The molecular formula is C12H15F2NO2. The van der Waals surface area contributed by atoms with Crippen molar-refractivity contribution in [1.82, 2.24) is 0 Å². The van der Waals surface area contributed by atoms with Crippen LogP contribution in [0.5, 0.6) is 11.5 Å². The van der Waals surface area contributed by atoms with E-state index in [1.165, 1.54) is 6.07 Å². The van der Waals surface area contributed by atoms with Crippen molar-refractivity contribution >= 4 is 0 Å². The lowest BCUT2D eigenvalue weighted by molar-refractivity contribution is -0.286. The van der Waals surface area contributed by atoms with E-state index < -0.39 is 6.29 Å². The molecule has 3 nitrogen and oxygen atoms in total. The number of halogens is 2. The third-order valence-corrected chi connectivity index (χ3v) is 2.59. The van der Waals surface area contributed by atoms with E-state index in [0.29, 0.717) is 0 Å². The predicted octanol–water partition coefficient (Wildman–Crippen LogP) is 2.68. The van der Waals surface area contributed by atoms with Crippen LogP contribution in [0.3, 0.4) is 0 Å². The molecule has 2 rings (SSSR count). The number of aryl methyl sites for hydroxylation is 1. The van der Waals surface area contributed by atoms with Crippen molar-refractivity contribution in [3.63, 3.8) is 0 Å². The first-order valence-electron chi connectivity index (χ1n) is 5.60. The highest BCUT2D eigenvalue weighted by molar-refractivity contribution is 5.45. The summed E-state index contributed by atoms with van der Waals surface area (Å²) in [6.07, 6.45) is -0.908. The molecule has 17 heavy (non-hydrogen) atoms. The van der Waals surface area contributed by atoms with E-state index in [1.807, 2.05) is 6.92 Å². The molecule has 0 bridgehead atoms. The zero-order valence-corrected chi connectivity index (χ0v) is 9.58. The monoisotopic (exact) mass is 243 g/mol. The Balaban J connectivity index is 1.99. The molecule has 0 aromatic heterocycles. The molecule has 0 fully saturated rings. The minimum atomic E-state index is -3.53. The average Bonchev–Trinajstić information content (AvgIpc) is 2.50. The first-order valence-corrected chi connectivity index (χ1v) is 5.60. The molecule has 0 saturated heterocycles. The van der Waals surface area contributed by atoms with Crippen LogP contribution in [-0.2, 0) is 6.42 Å². The summed E-state index contributed by atoms with van der Waals surface area (Å²) in [5.41, 5.74) is 6.59. The van der Waals surface area contributed by atoms with Crippen molar-refractivity contribution in [3.8, 4) is 11.5 Å². The minimum Gasteiger partial charge on any atom is -0.395 e. The van der Waals surface area contributed by atoms with Gasteiger partial charge in [-0.1, -0.05) is 6.07 Å². The Hall–Kier alpha value is -1.36. The smallest absolute Gasteiger partial charge is 0.395 e. The van der Waals surface area contributed by atoms with Gasteiger partial charge < -0.3 is 15.2 Å². The second kappa shape index (κ2) is 4.49. The first-order chi connectivity index (χ1) is 7.96. The molecule has 0 saturated carbocycles. The highest BCUT2D eigenvalue weighted by Gasteiger charge is 2.43. The van der Waals surface area contributed by atoms with Crippen molar-refractivity contribution in [3.05, 3.63) is 23.8 Å². The lowest BCUT2D eigenvalue weighted by Gasteiger charge is -2.05. The Kier molecular flexibility index (Phi) is 3.19. The Labute approximate surface area is 98.5 Å². The molecule has 1 aromatic carbocycles. The number of hydrogen-bond donors (Lipinski definition) is 1. The number of ether oxygens (including phenoxy) is 2. The van der Waals surface area contributed by atoms with E-state index in [9.17, 15) is 8.78 Å². The fourth-order valence-electron chi connectivity index (χ4n) is 1.78. The van der Waals surface area contributed by atoms with Crippen molar-refractivity contribution < 1.29 is 18.3 Å². The second-order valence-corrected chi connectivity index (χ2v) is 4.32. The van der Waals surface area contributed by atoms with Gasteiger partial charge >= 0.3 is 6.29 Å². The van der Waals surface area contributed by atoms with Crippen molar-refractivity contribution in [2.45, 2.75) is 38.5 Å². The maximum absolute atomic E-state index is 12.8. The molecule has 5 heteroatoms. The van der Waals surface area contributed by atoms with Crippen molar-refractivity contribution in [1.29, 1.82) is 0 Å². The molecule has 1 unspecified atom stereocenters. The van der Waals surface area contributed by atoms with Crippen LogP contribution in [0.2, 0.25) is 0 Å². The normalized spacial score (nSPS) is 18.1. The van der Waals surface area contributed by atoms with Crippen LogP contribution in [0.25, 0.3) is 0 Å². The van der Waals surface area contributed by atoms with Gasteiger partial charge in [-0.15, -0.1) is 8.78 Å². The van der Waals surface area contributed by atoms with Gasteiger partial charge in [0.15, 0.2) is 11.5 Å². The maximum Gasteiger partial charge on any atom is 0.586 e. The molecule has 94 valence electrons. The molecule has 2 N–H and O–H groups in total. The van der Waals surface area contributed by atoms with Crippen LogP contribution < -0.4 is 15.2 Å². The summed E-state index contributed by atoms with van der Waals surface area (Å²) in [4.78, 5) is 0. The van der Waals surface area contributed by atoms with E-state index in [-0.39, 0.29) is 17.5 Å². The standard InChI is InChI=1S/C12H15F2NO2/c1-8(15)3-2-4-9-5-6-10-11(7-9)17-12(13,14)16-10/h5-8H,2-4,15H2,1H3. The predicted molar refractivity (Wildman–Crippen MR) is 59.2 cm³/mol. The number of rotatable bonds is 4. The van der Waals surface area contributed by atoms with E-state index >= 15 is 0 Å². The summed E-state index contributed by atoms with van der Waals surface area (Å²) in [5.74, 6) is 0.194. The third kappa shape index (κ3) is 3.06. The van der Waals surface area contributed by atoms with E-state index in [2.05, 4.69) is 9.47 Å². The summed E-state index contributed by atoms with van der Waals surface area (Å²) in [7, 11) is 0. The summed E-state index contributed by atoms with van der Waals surface area (Å²) in [5, 5.41) is 0. The van der Waals surface area contributed by atoms with E-state index in [4.69, 9.17) is 5.73 Å². The third-order valence-electron chi connectivity index (χ3n) is 2.59. The highest BCUT2D eigenvalue weighted by atomic mass is 19.3. The molecule has 0 radical (unpaired) electrons. The van der Waals surface area contributed by atoms with Gasteiger partial charge in [0.05, 0.1) is 0 Å². The number of fused-ring (bicyclic) bond motifs is 1. The Morgan fingerprint density at radius 3 is 2.71 bits per heavy atom. The SMILES string of the molecule is CC(N)CCCc1ccc2c(c1)OC(F)(F)O2. The fraction of sp³-hybridized carbons (Fsp3) is 0.500. The first kappa shape index (κ1) is 12.1. The molecule has 0 amide bonds. The zero-order chi connectivity index (χ0) is 12.5. The van der Waals surface area contributed by atoms with Crippen molar-refractivity contribution in [2.24, 2.45) is 5.73 Å². The maximum atomic E-state index is 12.8. The Bertz CT molecular complexity index is 407. The van der Waals surface area contributed by atoms with Crippen LogP contribution in [0.1, 0.15) is 25.3 Å². The summed E-state index contributed by atoms with van der Waals surface area (Å²) in [6, 6.07) is 5.04. The van der Waals surface area contributed by atoms with Crippen LogP contribution in [0.4, 0.5) is 8.78 Å². The van der Waals surface area contributed by atoms with Crippen LogP contribution in [-0.4, -0.2) is 12.3 Å². The van der Waals surface area contributed by atoms with Gasteiger partial charge in [0.2, 0.25) is 0 Å². The van der Waals surface area contributed by atoms with E-state index in [0.717, 1.165) is 24.8 Å². The molecule has 1 heterocycles. The molecule has 1 aromatic rings.